The molecule has 0 aromatic heterocycles. The molecule has 1 aromatic rings. The van der Waals surface area contributed by atoms with Crippen LogP contribution in [0.2, 0.25) is 0 Å². The van der Waals surface area contributed by atoms with Crippen LogP contribution in [-0.2, 0) is 10.0 Å². The first-order valence-corrected chi connectivity index (χ1v) is 7.55. The third-order valence-corrected chi connectivity index (χ3v) is 4.10. The van der Waals surface area contributed by atoms with Crippen molar-refractivity contribution in [2.24, 2.45) is 11.1 Å². The van der Waals surface area contributed by atoms with Gasteiger partial charge in [0, 0.05) is 6.04 Å². The lowest BCUT2D eigenvalue weighted by atomic mass is 10.2. The Hall–Kier alpha value is -1.14. The van der Waals surface area contributed by atoms with Crippen molar-refractivity contribution in [3.63, 3.8) is 0 Å². The van der Waals surface area contributed by atoms with E-state index >= 15 is 0 Å². The highest BCUT2D eigenvalue weighted by Gasteiger charge is 2.36. The van der Waals surface area contributed by atoms with Crippen LogP contribution in [0.15, 0.2) is 23.1 Å². The number of nitrogens with one attached hydrogen (secondary N) is 1. The predicted octanol–water partition coefficient (Wildman–Crippen LogP) is 2.07. The molecule has 2 unspecified atom stereocenters. The molecule has 100 valence electrons. The van der Waals surface area contributed by atoms with E-state index in [0.717, 1.165) is 25.3 Å². The van der Waals surface area contributed by atoms with Crippen molar-refractivity contribution in [3.8, 4) is 0 Å². The number of primary sulfonamides is 1. The van der Waals surface area contributed by atoms with E-state index in [1.165, 1.54) is 12.1 Å². The molecule has 0 radical (unpaired) electrons. The van der Waals surface area contributed by atoms with Gasteiger partial charge in [-0.3, -0.25) is 0 Å². The third kappa shape index (κ3) is 3.00. The van der Waals surface area contributed by atoms with Gasteiger partial charge < -0.3 is 5.32 Å². The van der Waals surface area contributed by atoms with Crippen molar-refractivity contribution in [2.45, 2.75) is 37.1 Å². The van der Waals surface area contributed by atoms with Crippen molar-refractivity contribution in [2.75, 3.05) is 5.32 Å². The van der Waals surface area contributed by atoms with Crippen molar-refractivity contribution >= 4 is 15.7 Å². The molecule has 0 saturated heterocycles. The standard InChI is InChI=1S/C12H17FN2O2S/c1-2-3-8-6-12(8)15-11-5-4-9(7-10(11)13)18(14,16)17/h4-5,7-8,12,15H,2-3,6H2,1H3,(H2,14,16,17). The molecule has 1 aliphatic carbocycles. The summed E-state index contributed by atoms with van der Waals surface area (Å²) in [4.78, 5) is -0.202. The molecular formula is C12H17FN2O2S. The number of rotatable bonds is 5. The van der Waals surface area contributed by atoms with Crippen molar-refractivity contribution in [1.29, 1.82) is 0 Å². The largest absolute Gasteiger partial charge is 0.380 e. The second-order valence-corrected chi connectivity index (χ2v) is 6.28. The summed E-state index contributed by atoms with van der Waals surface area (Å²) in [5.74, 6) is 0.0241. The Morgan fingerprint density at radius 2 is 2.22 bits per heavy atom. The summed E-state index contributed by atoms with van der Waals surface area (Å²) in [5.41, 5.74) is 0.339. The first-order chi connectivity index (χ1) is 8.41. The molecule has 0 amide bonds. The maximum Gasteiger partial charge on any atom is 0.238 e. The quantitative estimate of drug-likeness (QED) is 0.862. The zero-order chi connectivity index (χ0) is 13.3. The van der Waals surface area contributed by atoms with Gasteiger partial charge in [-0.1, -0.05) is 13.3 Å². The maximum atomic E-state index is 13.7. The summed E-state index contributed by atoms with van der Waals surface area (Å²) in [6.45, 7) is 2.12. The van der Waals surface area contributed by atoms with Crippen molar-refractivity contribution in [3.05, 3.63) is 24.0 Å². The van der Waals surface area contributed by atoms with Crippen LogP contribution in [0, 0.1) is 11.7 Å². The van der Waals surface area contributed by atoms with Crippen LogP contribution in [0.1, 0.15) is 26.2 Å². The van der Waals surface area contributed by atoms with Crippen molar-refractivity contribution < 1.29 is 12.8 Å². The fourth-order valence-corrected chi connectivity index (χ4v) is 2.63. The Morgan fingerprint density at radius 1 is 1.50 bits per heavy atom. The van der Waals surface area contributed by atoms with Crippen LogP contribution in [0.5, 0.6) is 0 Å². The van der Waals surface area contributed by atoms with E-state index in [4.69, 9.17) is 5.14 Å². The minimum Gasteiger partial charge on any atom is -0.380 e. The highest BCUT2D eigenvalue weighted by Crippen LogP contribution is 2.37. The number of hydrogen-bond donors (Lipinski definition) is 2. The number of benzene rings is 1. The molecule has 1 saturated carbocycles. The van der Waals surface area contributed by atoms with Gasteiger partial charge in [0.15, 0.2) is 0 Å². The number of nitrogens with two attached hydrogens (primary N) is 1. The molecule has 1 aromatic carbocycles. The smallest absolute Gasteiger partial charge is 0.238 e. The Kier molecular flexibility index (Phi) is 3.59. The molecule has 18 heavy (non-hydrogen) atoms. The van der Waals surface area contributed by atoms with E-state index in [1.54, 1.807) is 0 Å². The van der Waals surface area contributed by atoms with Gasteiger partial charge in [0.25, 0.3) is 0 Å². The number of halogens is 1. The van der Waals surface area contributed by atoms with E-state index in [1.807, 2.05) is 0 Å². The molecule has 0 aliphatic heterocycles. The summed E-state index contributed by atoms with van der Waals surface area (Å²) < 4.78 is 35.8. The topological polar surface area (TPSA) is 72.2 Å². The van der Waals surface area contributed by atoms with Crippen molar-refractivity contribution in [1.82, 2.24) is 0 Å². The average molecular weight is 272 g/mol. The molecule has 1 fully saturated rings. The van der Waals surface area contributed by atoms with Crippen LogP contribution in [-0.4, -0.2) is 14.5 Å². The number of hydrogen-bond acceptors (Lipinski definition) is 3. The van der Waals surface area contributed by atoms with E-state index in [2.05, 4.69) is 12.2 Å². The van der Waals surface area contributed by atoms with Gasteiger partial charge >= 0.3 is 0 Å². The van der Waals surface area contributed by atoms with Gasteiger partial charge in [0.05, 0.1) is 10.6 Å². The molecule has 0 heterocycles. The van der Waals surface area contributed by atoms with Crippen LogP contribution in [0.4, 0.5) is 10.1 Å². The summed E-state index contributed by atoms with van der Waals surface area (Å²) in [6.07, 6.45) is 3.30. The Labute approximate surface area is 106 Å². The number of anilines is 1. The predicted molar refractivity (Wildman–Crippen MR) is 68.2 cm³/mol. The molecule has 1 aliphatic rings. The second-order valence-electron chi connectivity index (χ2n) is 4.72. The summed E-state index contributed by atoms with van der Waals surface area (Å²) in [7, 11) is -3.84. The summed E-state index contributed by atoms with van der Waals surface area (Å²) in [5, 5.41) is 8.02. The molecule has 4 nitrogen and oxygen atoms in total. The minimum absolute atomic E-state index is 0.202. The fourth-order valence-electron chi connectivity index (χ4n) is 2.10. The molecular weight excluding hydrogens is 255 g/mol. The van der Waals surface area contributed by atoms with E-state index < -0.39 is 15.8 Å². The lowest BCUT2D eigenvalue weighted by molar-refractivity contribution is 0.592. The molecule has 2 atom stereocenters. The van der Waals surface area contributed by atoms with Gasteiger partial charge in [-0.2, -0.15) is 0 Å². The summed E-state index contributed by atoms with van der Waals surface area (Å²) >= 11 is 0. The lowest BCUT2D eigenvalue weighted by Gasteiger charge is -2.08. The van der Waals surface area contributed by atoms with Gasteiger partial charge in [0.2, 0.25) is 10.0 Å². The maximum absolute atomic E-state index is 13.7. The first kappa shape index (κ1) is 13.3. The van der Waals surface area contributed by atoms with E-state index in [-0.39, 0.29) is 4.90 Å². The van der Waals surface area contributed by atoms with E-state index in [9.17, 15) is 12.8 Å². The van der Waals surface area contributed by atoms with E-state index in [0.29, 0.717) is 17.6 Å². The van der Waals surface area contributed by atoms with Gasteiger partial charge in [-0.05, 0) is 37.0 Å². The monoisotopic (exact) mass is 272 g/mol. The molecule has 6 heteroatoms. The SMILES string of the molecule is CCCC1CC1Nc1ccc(S(N)(=O)=O)cc1F. The van der Waals surface area contributed by atoms with Crippen LogP contribution in [0.25, 0.3) is 0 Å². The zero-order valence-corrected chi connectivity index (χ0v) is 11.0. The lowest BCUT2D eigenvalue weighted by Crippen LogP contribution is -2.13. The highest BCUT2D eigenvalue weighted by atomic mass is 32.2. The molecule has 3 N–H and O–H groups in total. The third-order valence-electron chi connectivity index (χ3n) is 3.19. The average Bonchev–Trinajstić information content (AvgIpc) is 2.99. The summed E-state index contributed by atoms with van der Waals surface area (Å²) in [6, 6.07) is 4.00. The number of sulfonamides is 1. The molecule has 2 rings (SSSR count). The van der Waals surface area contributed by atoms with Gasteiger partial charge in [-0.15, -0.1) is 0 Å². The molecule has 0 bridgehead atoms. The Balaban J connectivity index is 2.07. The zero-order valence-electron chi connectivity index (χ0n) is 10.2. The van der Waals surface area contributed by atoms with Crippen LogP contribution >= 0.6 is 0 Å². The van der Waals surface area contributed by atoms with Crippen LogP contribution in [0.3, 0.4) is 0 Å². The minimum atomic E-state index is -3.84. The highest BCUT2D eigenvalue weighted by molar-refractivity contribution is 7.89. The first-order valence-electron chi connectivity index (χ1n) is 6.00. The normalized spacial score (nSPS) is 22.8. The Morgan fingerprint density at radius 3 is 2.78 bits per heavy atom. The van der Waals surface area contributed by atoms with Gasteiger partial charge in [-0.25, -0.2) is 17.9 Å². The fraction of sp³-hybridized carbons (Fsp3) is 0.500. The molecule has 0 spiro atoms. The van der Waals surface area contributed by atoms with Gasteiger partial charge in [0.1, 0.15) is 5.82 Å². The van der Waals surface area contributed by atoms with Crippen LogP contribution < -0.4 is 10.5 Å². The Bertz CT molecular complexity index is 545. The second kappa shape index (κ2) is 4.85.